The Balaban J connectivity index is 2.25. The lowest BCUT2D eigenvalue weighted by Crippen LogP contribution is -2.17. The fourth-order valence-electron chi connectivity index (χ4n) is 2.38. The third-order valence-corrected chi connectivity index (χ3v) is 3.73. The highest BCUT2D eigenvalue weighted by Crippen LogP contribution is 2.33. The number of hydrogen-bond donors (Lipinski definition) is 1. The maximum atomic E-state index is 12.4. The molecule has 0 spiro atoms. The summed E-state index contributed by atoms with van der Waals surface area (Å²) in [7, 11) is 5.77. The molecule has 0 heterocycles. The number of amides is 1. The van der Waals surface area contributed by atoms with E-state index in [9.17, 15) is 9.59 Å². The molecule has 0 unspecified atom stereocenters. The van der Waals surface area contributed by atoms with Crippen LogP contribution in [-0.2, 0) is 16.0 Å². The van der Waals surface area contributed by atoms with Crippen molar-refractivity contribution in [2.75, 3.05) is 33.8 Å². The Morgan fingerprint density at radius 3 is 2.04 bits per heavy atom. The van der Waals surface area contributed by atoms with Gasteiger partial charge >= 0.3 is 5.97 Å². The van der Waals surface area contributed by atoms with Crippen molar-refractivity contribution in [3.8, 4) is 17.2 Å². The molecular formula is C19H21NO6. The first-order valence-electron chi connectivity index (χ1n) is 7.79. The van der Waals surface area contributed by atoms with E-state index in [0.717, 1.165) is 5.56 Å². The Hall–Kier alpha value is -3.22. The van der Waals surface area contributed by atoms with Gasteiger partial charge in [0.2, 0.25) is 5.91 Å². The molecule has 1 amide bonds. The van der Waals surface area contributed by atoms with E-state index in [2.05, 4.69) is 5.32 Å². The molecule has 26 heavy (non-hydrogen) atoms. The molecule has 2 rings (SSSR count). The van der Waals surface area contributed by atoms with Gasteiger partial charge in [-0.05, 0) is 17.7 Å². The lowest BCUT2D eigenvalue weighted by atomic mass is 10.1. The lowest BCUT2D eigenvalue weighted by Gasteiger charge is -2.14. The Bertz CT molecular complexity index is 785. The van der Waals surface area contributed by atoms with E-state index in [-0.39, 0.29) is 23.6 Å². The largest absolute Gasteiger partial charge is 0.497 e. The van der Waals surface area contributed by atoms with Crippen molar-refractivity contribution in [1.82, 2.24) is 0 Å². The summed E-state index contributed by atoms with van der Waals surface area (Å²) in [6.07, 6.45) is 0.138. The molecule has 0 radical (unpaired) electrons. The van der Waals surface area contributed by atoms with Crippen molar-refractivity contribution in [3.05, 3.63) is 47.5 Å². The first-order chi connectivity index (χ1) is 12.5. The monoisotopic (exact) mass is 359 g/mol. The molecule has 2 aromatic carbocycles. The second-order valence-electron chi connectivity index (χ2n) is 5.32. The molecule has 0 saturated carbocycles. The van der Waals surface area contributed by atoms with Gasteiger partial charge in [0.25, 0.3) is 0 Å². The molecule has 2 aromatic rings. The average Bonchev–Trinajstić information content (AvgIpc) is 2.67. The van der Waals surface area contributed by atoms with E-state index in [1.54, 1.807) is 31.4 Å². The summed E-state index contributed by atoms with van der Waals surface area (Å²) in [6.45, 7) is 0. The molecular weight excluding hydrogens is 338 g/mol. The number of methoxy groups -OCH3 is 4. The molecule has 1 N–H and O–H groups in total. The van der Waals surface area contributed by atoms with E-state index in [4.69, 9.17) is 18.9 Å². The molecule has 0 aromatic heterocycles. The normalized spacial score (nSPS) is 10.0. The second kappa shape index (κ2) is 8.75. The van der Waals surface area contributed by atoms with Gasteiger partial charge in [0.15, 0.2) is 11.5 Å². The van der Waals surface area contributed by atoms with E-state index < -0.39 is 5.97 Å². The third-order valence-electron chi connectivity index (χ3n) is 3.73. The second-order valence-corrected chi connectivity index (χ2v) is 5.32. The lowest BCUT2D eigenvalue weighted by molar-refractivity contribution is -0.115. The van der Waals surface area contributed by atoms with E-state index in [1.807, 2.05) is 0 Å². The molecule has 0 aliphatic rings. The van der Waals surface area contributed by atoms with Crippen molar-refractivity contribution in [3.63, 3.8) is 0 Å². The van der Waals surface area contributed by atoms with Crippen LogP contribution in [0, 0.1) is 0 Å². The van der Waals surface area contributed by atoms with Crippen LogP contribution in [0.3, 0.4) is 0 Å². The summed E-state index contributed by atoms with van der Waals surface area (Å²) in [6, 6.07) is 10.1. The number of rotatable bonds is 7. The third kappa shape index (κ3) is 4.44. The van der Waals surface area contributed by atoms with Crippen LogP contribution in [0.15, 0.2) is 36.4 Å². The maximum Gasteiger partial charge on any atom is 0.340 e. The first-order valence-corrected chi connectivity index (χ1v) is 7.79. The summed E-state index contributed by atoms with van der Waals surface area (Å²) in [5.74, 6) is 0.584. The average molecular weight is 359 g/mol. The van der Waals surface area contributed by atoms with Crippen LogP contribution >= 0.6 is 0 Å². The minimum absolute atomic E-state index is 0.138. The van der Waals surface area contributed by atoms with Gasteiger partial charge in [-0.2, -0.15) is 0 Å². The van der Waals surface area contributed by atoms with E-state index in [1.165, 1.54) is 33.5 Å². The van der Waals surface area contributed by atoms with Gasteiger partial charge in [0, 0.05) is 12.1 Å². The zero-order valence-electron chi connectivity index (χ0n) is 15.1. The highest BCUT2D eigenvalue weighted by molar-refractivity contribution is 6.02. The van der Waals surface area contributed by atoms with Crippen LogP contribution in [-0.4, -0.2) is 40.3 Å². The molecule has 138 valence electrons. The van der Waals surface area contributed by atoms with Crippen LogP contribution < -0.4 is 19.5 Å². The Morgan fingerprint density at radius 1 is 0.885 bits per heavy atom. The van der Waals surface area contributed by atoms with Gasteiger partial charge in [-0.1, -0.05) is 12.1 Å². The molecule has 0 bridgehead atoms. The van der Waals surface area contributed by atoms with Crippen molar-refractivity contribution >= 4 is 17.6 Å². The highest BCUT2D eigenvalue weighted by atomic mass is 16.5. The van der Waals surface area contributed by atoms with Crippen LogP contribution in [0.1, 0.15) is 15.9 Å². The van der Waals surface area contributed by atoms with Crippen LogP contribution in [0.4, 0.5) is 5.69 Å². The van der Waals surface area contributed by atoms with Crippen LogP contribution in [0.2, 0.25) is 0 Å². The van der Waals surface area contributed by atoms with Crippen molar-refractivity contribution in [2.45, 2.75) is 6.42 Å². The van der Waals surface area contributed by atoms with Crippen molar-refractivity contribution in [1.29, 1.82) is 0 Å². The summed E-state index contributed by atoms with van der Waals surface area (Å²) in [4.78, 5) is 24.4. The number of anilines is 1. The first kappa shape index (κ1) is 19.1. The van der Waals surface area contributed by atoms with Gasteiger partial charge in [-0.15, -0.1) is 0 Å². The Kier molecular flexibility index (Phi) is 6.43. The molecule has 0 atom stereocenters. The van der Waals surface area contributed by atoms with Crippen LogP contribution in [0.5, 0.6) is 17.2 Å². The number of esters is 1. The summed E-state index contributed by atoms with van der Waals surface area (Å²) < 4.78 is 20.3. The number of benzene rings is 2. The van der Waals surface area contributed by atoms with Crippen molar-refractivity contribution in [2.24, 2.45) is 0 Å². The molecule has 7 heteroatoms. The number of hydrogen-bond acceptors (Lipinski definition) is 6. The smallest absolute Gasteiger partial charge is 0.340 e. The number of carbonyl (C=O) groups excluding carboxylic acids is 2. The summed E-state index contributed by atoms with van der Waals surface area (Å²) in [5.41, 5.74) is 1.27. The summed E-state index contributed by atoms with van der Waals surface area (Å²) >= 11 is 0. The number of nitrogens with one attached hydrogen (secondary N) is 1. The Labute approximate surface area is 151 Å². The molecule has 7 nitrogen and oxygen atoms in total. The van der Waals surface area contributed by atoms with Gasteiger partial charge in [0.1, 0.15) is 5.75 Å². The summed E-state index contributed by atoms with van der Waals surface area (Å²) in [5, 5.41) is 2.72. The van der Waals surface area contributed by atoms with E-state index >= 15 is 0 Å². The zero-order chi connectivity index (χ0) is 19.1. The molecule has 0 aliphatic heterocycles. The fourth-order valence-corrected chi connectivity index (χ4v) is 2.38. The van der Waals surface area contributed by atoms with Gasteiger partial charge in [0.05, 0.1) is 46.1 Å². The zero-order valence-corrected chi connectivity index (χ0v) is 15.1. The topological polar surface area (TPSA) is 83.1 Å². The van der Waals surface area contributed by atoms with Gasteiger partial charge in [-0.3, -0.25) is 4.79 Å². The van der Waals surface area contributed by atoms with Crippen LogP contribution in [0.25, 0.3) is 0 Å². The fraction of sp³-hybridized carbons (Fsp3) is 0.263. The van der Waals surface area contributed by atoms with E-state index in [0.29, 0.717) is 17.2 Å². The van der Waals surface area contributed by atoms with Gasteiger partial charge < -0.3 is 24.3 Å². The quantitative estimate of drug-likeness (QED) is 0.766. The molecule has 0 fully saturated rings. The maximum absolute atomic E-state index is 12.4. The highest BCUT2D eigenvalue weighted by Gasteiger charge is 2.19. The minimum atomic E-state index is -0.592. The molecule has 0 aliphatic carbocycles. The number of carbonyl (C=O) groups is 2. The predicted molar refractivity (Wildman–Crippen MR) is 96.2 cm³/mol. The number of ether oxygens (including phenoxy) is 4. The minimum Gasteiger partial charge on any atom is -0.497 e. The van der Waals surface area contributed by atoms with Gasteiger partial charge in [-0.25, -0.2) is 4.79 Å². The SMILES string of the molecule is COC(=O)c1cc(OC)c(OC)cc1NC(=O)Cc1ccc(OC)cc1. The standard InChI is InChI=1S/C19H21NO6/c1-23-13-7-5-12(6-8-13)9-18(21)20-15-11-17(25-3)16(24-2)10-14(15)19(22)26-4/h5-8,10-11H,9H2,1-4H3,(H,20,21). The molecule has 0 saturated heterocycles. The Morgan fingerprint density at radius 2 is 1.50 bits per heavy atom. The van der Waals surface area contributed by atoms with Crippen molar-refractivity contribution < 1.29 is 28.5 Å². The predicted octanol–water partition coefficient (Wildman–Crippen LogP) is 2.68.